The molecule has 0 aliphatic rings. The third kappa shape index (κ3) is 5.21. The Morgan fingerprint density at radius 2 is 1.87 bits per heavy atom. The van der Waals surface area contributed by atoms with Crippen molar-refractivity contribution in [2.75, 3.05) is 7.11 Å². The Balaban J connectivity index is 1.98. The lowest BCUT2D eigenvalue weighted by molar-refractivity contribution is -0.141. The summed E-state index contributed by atoms with van der Waals surface area (Å²) in [5, 5.41) is 4.88. The standard InChI is InChI=1S/C18H21NO3S/c1-13(14-7-4-3-5-8-14)11-17(20)19-15(12-18(21)22-2)16-9-6-10-23-16/h3-10,13,15H,11-12H2,1-2H3,(H,19,20)/t13-,15-/m0/s1. The number of thiophene rings is 1. The number of carbonyl (C=O) groups excluding carboxylic acids is 2. The number of benzene rings is 1. The van der Waals surface area contributed by atoms with Gasteiger partial charge in [0.1, 0.15) is 0 Å². The van der Waals surface area contributed by atoms with E-state index < -0.39 is 0 Å². The Morgan fingerprint density at radius 3 is 2.48 bits per heavy atom. The van der Waals surface area contributed by atoms with Crippen LogP contribution in [-0.2, 0) is 14.3 Å². The number of nitrogens with one attached hydrogen (secondary N) is 1. The van der Waals surface area contributed by atoms with Crippen molar-refractivity contribution in [1.82, 2.24) is 5.32 Å². The summed E-state index contributed by atoms with van der Waals surface area (Å²) >= 11 is 1.52. The molecule has 122 valence electrons. The first-order valence-electron chi connectivity index (χ1n) is 7.54. The summed E-state index contributed by atoms with van der Waals surface area (Å²) < 4.78 is 4.73. The van der Waals surface area contributed by atoms with Crippen LogP contribution in [0.5, 0.6) is 0 Å². The second kappa shape index (κ2) is 8.48. The van der Waals surface area contributed by atoms with Crippen LogP contribution in [0.25, 0.3) is 0 Å². The summed E-state index contributed by atoms with van der Waals surface area (Å²) in [5.74, 6) is -0.276. The van der Waals surface area contributed by atoms with Crippen molar-refractivity contribution in [2.45, 2.75) is 31.7 Å². The average molecular weight is 331 g/mol. The van der Waals surface area contributed by atoms with Crippen molar-refractivity contribution >= 4 is 23.2 Å². The summed E-state index contributed by atoms with van der Waals surface area (Å²) in [5.41, 5.74) is 1.13. The minimum absolute atomic E-state index is 0.0661. The van der Waals surface area contributed by atoms with Crippen LogP contribution in [0.3, 0.4) is 0 Å². The van der Waals surface area contributed by atoms with E-state index in [1.165, 1.54) is 18.4 Å². The number of amides is 1. The van der Waals surface area contributed by atoms with Crippen molar-refractivity contribution in [3.05, 3.63) is 58.3 Å². The Labute approximate surface area is 140 Å². The first-order valence-corrected chi connectivity index (χ1v) is 8.42. The van der Waals surface area contributed by atoms with Gasteiger partial charge in [0.05, 0.1) is 19.6 Å². The summed E-state index contributed by atoms with van der Waals surface area (Å²) in [4.78, 5) is 24.9. The fourth-order valence-electron chi connectivity index (χ4n) is 2.39. The summed E-state index contributed by atoms with van der Waals surface area (Å²) in [6.07, 6.45) is 0.523. The number of carbonyl (C=O) groups is 2. The first-order chi connectivity index (χ1) is 11.1. The van der Waals surface area contributed by atoms with E-state index in [9.17, 15) is 9.59 Å². The fourth-order valence-corrected chi connectivity index (χ4v) is 3.17. The molecule has 0 saturated carbocycles. The summed E-state index contributed by atoms with van der Waals surface area (Å²) in [7, 11) is 1.35. The van der Waals surface area contributed by atoms with Crippen LogP contribution in [0, 0.1) is 0 Å². The number of esters is 1. The highest BCUT2D eigenvalue weighted by Crippen LogP contribution is 2.24. The van der Waals surface area contributed by atoms with E-state index in [-0.39, 0.29) is 30.3 Å². The van der Waals surface area contributed by atoms with Gasteiger partial charge >= 0.3 is 5.97 Å². The smallest absolute Gasteiger partial charge is 0.307 e. The minimum Gasteiger partial charge on any atom is -0.469 e. The van der Waals surface area contributed by atoms with Gasteiger partial charge in [-0.05, 0) is 22.9 Å². The quantitative estimate of drug-likeness (QED) is 0.788. The zero-order valence-electron chi connectivity index (χ0n) is 13.3. The van der Waals surface area contributed by atoms with Gasteiger partial charge in [0.2, 0.25) is 5.91 Å². The fraction of sp³-hybridized carbons (Fsp3) is 0.333. The SMILES string of the molecule is COC(=O)C[C@H](NC(=O)C[C@H](C)c1ccccc1)c1cccs1. The van der Waals surface area contributed by atoms with E-state index in [0.29, 0.717) is 6.42 Å². The number of methoxy groups -OCH3 is 1. The molecular weight excluding hydrogens is 310 g/mol. The molecule has 1 N–H and O–H groups in total. The molecule has 1 aromatic carbocycles. The average Bonchev–Trinajstić information content (AvgIpc) is 3.09. The molecule has 2 aromatic rings. The van der Waals surface area contributed by atoms with Crippen molar-refractivity contribution < 1.29 is 14.3 Å². The van der Waals surface area contributed by atoms with E-state index in [1.54, 1.807) is 0 Å². The van der Waals surface area contributed by atoms with Crippen molar-refractivity contribution in [2.24, 2.45) is 0 Å². The Kier molecular flexibility index (Phi) is 6.35. The first kappa shape index (κ1) is 17.2. The van der Waals surface area contributed by atoms with Gasteiger partial charge in [-0.2, -0.15) is 0 Å². The van der Waals surface area contributed by atoms with Crippen LogP contribution in [0.4, 0.5) is 0 Å². The lowest BCUT2D eigenvalue weighted by atomic mass is 9.97. The molecule has 0 aliphatic heterocycles. The van der Waals surface area contributed by atoms with Crippen LogP contribution in [-0.4, -0.2) is 19.0 Å². The molecule has 1 heterocycles. The highest BCUT2D eigenvalue weighted by molar-refractivity contribution is 7.10. The van der Waals surface area contributed by atoms with Gasteiger partial charge in [-0.1, -0.05) is 43.3 Å². The van der Waals surface area contributed by atoms with Gasteiger partial charge in [0.25, 0.3) is 0 Å². The van der Waals surface area contributed by atoms with Crippen LogP contribution in [0.15, 0.2) is 47.8 Å². The topological polar surface area (TPSA) is 55.4 Å². The highest BCUT2D eigenvalue weighted by atomic mass is 32.1. The molecule has 0 bridgehead atoms. The molecule has 0 fully saturated rings. The van der Waals surface area contributed by atoms with E-state index in [2.05, 4.69) is 5.32 Å². The molecule has 0 unspecified atom stereocenters. The second-order valence-corrected chi connectivity index (χ2v) is 6.41. The summed E-state index contributed by atoms with van der Waals surface area (Å²) in [6, 6.07) is 13.4. The molecule has 1 aromatic heterocycles. The lowest BCUT2D eigenvalue weighted by Crippen LogP contribution is -2.30. The molecule has 0 saturated heterocycles. The minimum atomic E-state index is -0.335. The Hall–Kier alpha value is -2.14. The number of hydrogen-bond acceptors (Lipinski definition) is 4. The Bertz CT molecular complexity index is 625. The van der Waals surface area contributed by atoms with Gasteiger partial charge < -0.3 is 10.1 Å². The second-order valence-electron chi connectivity index (χ2n) is 5.43. The highest BCUT2D eigenvalue weighted by Gasteiger charge is 2.21. The molecule has 5 heteroatoms. The molecule has 4 nitrogen and oxygen atoms in total. The molecular formula is C18H21NO3S. The monoisotopic (exact) mass is 331 g/mol. The molecule has 0 spiro atoms. The predicted octanol–water partition coefficient (Wildman–Crippen LogP) is 3.66. The van der Waals surface area contributed by atoms with E-state index in [1.807, 2.05) is 54.8 Å². The van der Waals surface area contributed by atoms with E-state index >= 15 is 0 Å². The number of rotatable bonds is 7. The van der Waals surface area contributed by atoms with Crippen molar-refractivity contribution in [3.63, 3.8) is 0 Å². The van der Waals surface area contributed by atoms with Crippen molar-refractivity contribution in [3.8, 4) is 0 Å². The van der Waals surface area contributed by atoms with Crippen LogP contribution >= 0.6 is 11.3 Å². The maximum absolute atomic E-state index is 12.3. The third-order valence-electron chi connectivity index (χ3n) is 3.68. The zero-order chi connectivity index (χ0) is 16.7. The molecule has 0 radical (unpaired) electrons. The van der Waals surface area contributed by atoms with Crippen LogP contribution < -0.4 is 5.32 Å². The molecule has 1 amide bonds. The van der Waals surface area contributed by atoms with Gasteiger partial charge in [-0.15, -0.1) is 11.3 Å². The third-order valence-corrected chi connectivity index (χ3v) is 4.67. The van der Waals surface area contributed by atoms with Gasteiger partial charge in [0.15, 0.2) is 0 Å². The number of hydrogen-bond donors (Lipinski definition) is 1. The van der Waals surface area contributed by atoms with Gasteiger partial charge in [-0.3, -0.25) is 9.59 Å². The zero-order valence-corrected chi connectivity index (χ0v) is 14.1. The van der Waals surface area contributed by atoms with Crippen molar-refractivity contribution in [1.29, 1.82) is 0 Å². The largest absolute Gasteiger partial charge is 0.469 e. The maximum atomic E-state index is 12.3. The maximum Gasteiger partial charge on any atom is 0.307 e. The van der Waals surface area contributed by atoms with Gasteiger partial charge in [-0.25, -0.2) is 0 Å². The molecule has 2 rings (SSSR count). The van der Waals surface area contributed by atoms with Crippen LogP contribution in [0.2, 0.25) is 0 Å². The van der Waals surface area contributed by atoms with E-state index in [0.717, 1.165) is 10.4 Å². The van der Waals surface area contributed by atoms with Crippen LogP contribution in [0.1, 0.15) is 42.2 Å². The predicted molar refractivity (Wildman–Crippen MR) is 91.3 cm³/mol. The number of ether oxygens (including phenoxy) is 1. The lowest BCUT2D eigenvalue weighted by Gasteiger charge is -2.18. The Morgan fingerprint density at radius 1 is 1.13 bits per heavy atom. The molecule has 23 heavy (non-hydrogen) atoms. The normalized spacial score (nSPS) is 13.1. The molecule has 2 atom stereocenters. The van der Waals surface area contributed by atoms with E-state index in [4.69, 9.17) is 4.74 Å². The molecule has 0 aliphatic carbocycles. The summed E-state index contributed by atoms with van der Waals surface area (Å²) in [6.45, 7) is 2.02. The van der Waals surface area contributed by atoms with Gasteiger partial charge in [0, 0.05) is 11.3 Å².